The Balaban J connectivity index is 2.02. The maximum atomic E-state index is 5.96. The van der Waals surface area contributed by atoms with E-state index >= 15 is 0 Å². The number of fused-ring (bicyclic) bond motifs is 1. The first kappa shape index (κ1) is 13.9. The third kappa shape index (κ3) is 2.45. The Bertz CT molecular complexity index is 605. The van der Waals surface area contributed by atoms with Gasteiger partial charge in [-0.25, -0.2) is 4.98 Å². The van der Waals surface area contributed by atoms with Gasteiger partial charge in [0.25, 0.3) is 0 Å². The van der Waals surface area contributed by atoms with E-state index in [1.807, 2.05) is 0 Å². The minimum atomic E-state index is 0.627. The monoisotopic (exact) mass is 291 g/mol. The summed E-state index contributed by atoms with van der Waals surface area (Å²) < 4.78 is 2.39. The summed E-state index contributed by atoms with van der Waals surface area (Å²) in [7, 11) is 2.23. The van der Waals surface area contributed by atoms with Crippen molar-refractivity contribution in [3.05, 3.63) is 29.6 Å². The van der Waals surface area contributed by atoms with E-state index in [1.54, 1.807) is 0 Å². The maximum absolute atomic E-state index is 5.96. The molecule has 3 rings (SSSR count). The van der Waals surface area contributed by atoms with Crippen molar-refractivity contribution in [2.24, 2.45) is 0 Å². The van der Waals surface area contributed by atoms with Gasteiger partial charge in [-0.2, -0.15) is 0 Å². The van der Waals surface area contributed by atoms with Crippen LogP contribution in [0.4, 0.5) is 0 Å². The molecule has 1 aliphatic heterocycles. The van der Waals surface area contributed by atoms with Crippen LogP contribution in [0.2, 0.25) is 0 Å². The second-order valence-electron chi connectivity index (χ2n) is 5.80. The van der Waals surface area contributed by atoms with Gasteiger partial charge in [-0.3, -0.25) is 0 Å². The van der Waals surface area contributed by atoms with Crippen LogP contribution in [0.1, 0.15) is 24.2 Å². The van der Waals surface area contributed by atoms with Gasteiger partial charge < -0.3 is 9.47 Å². The number of halogens is 1. The molecular formula is C16H22ClN3. The van der Waals surface area contributed by atoms with Gasteiger partial charge >= 0.3 is 0 Å². The summed E-state index contributed by atoms with van der Waals surface area (Å²) in [5, 5.41) is 0. The van der Waals surface area contributed by atoms with Gasteiger partial charge in [0.2, 0.25) is 0 Å². The lowest BCUT2D eigenvalue weighted by molar-refractivity contribution is 0.282. The van der Waals surface area contributed by atoms with E-state index < -0.39 is 0 Å². The fourth-order valence-electron chi connectivity index (χ4n) is 3.23. The number of likely N-dealkylation sites (N-methyl/N-ethyl adjacent to an activating group) is 1. The number of para-hydroxylation sites is 1. The second-order valence-corrected chi connectivity index (χ2v) is 6.17. The quantitative estimate of drug-likeness (QED) is 0.807. The number of alkyl halides is 1. The normalized spacial score (nSPS) is 20.1. The predicted molar refractivity (Wildman–Crippen MR) is 84.5 cm³/mol. The van der Waals surface area contributed by atoms with Gasteiger partial charge in [-0.15, -0.1) is 11.6 Å². The van der Waals surface area contributed by atoms with Crippen LogP contribution in [0.5, 0.6) is 0 Å². The number of aryl methyl sites for hydroxylation is 2. The molecule has 0 aliphatic carbocycles. The number of imidazole rings is 1. The molecule has 20 heavy (non-hydrogen) atoms. The zero-order chi connectivity index (χ0) is 14.1. The topological polar surface area (TPSA) is 21.1 Å². The van der Waals surface area contributed by atoms with E-state index in [4.69, 9.17) is 16.6 Å². The lowest BCUT2D eigenvalue weighted by Gasteiger charge is -2.21. The number of benzene rings is 1. The Hall–Kier alpha value is -1.06. The zero-order valence-corrected chi connectivity index (χ0v) is 13.0. The summed E-state index contributed by atoms with van der Waals surface area (Å²) in [5.41, 5.74) is 3.63. The molecule has 0 spiro atoms. The first-order valence-electron chi connectivity index (χ1n) is 7.41. The van der Waals surface area contributed by atoms with Crippen molar-refractivity contribution >= 4 is 22.6 Å². The Morgan fingerprint density at radius 2 is 2.25 bits per heavy atom. The predicted octanol–water partition coefficient (Wildman–Crippen LogP) is 3.22. The van der Waals surface area contributed by atoms with Crippen molar-refractivity contribution in [2.75, 3.05) is 19.5 Å². The molecule has 3 nitrogen and oxygen atoms in total. The van der Waals surface area contributed by atoms with Gasteiger partial charge in [0, 0.05) is 24.9 Å². The molecule has 0 N–H and O–H groups in total. The number of likely N-dealkylation sites (tertiary alicyclic amines) is 1. The molecule has 2 aromatic rings. The highest BCUT2D eigenvalue weighted by atomic mass is 35.5. The van der Waals surface area contributed by atoms with Crippen molar-refractivity contribution in [1.82, 2.24) is 14.5 Å². The Morgan fingerprint density at radius 1 is 1.40 bits per heavy atom. The Morgan fingerprint density at radius 3 is 2.95 bits per heavy atom. The molecule has 0 saturated carbocycles. The number of hydrogen-bond acceptors (Lipinski definition) is 2. The molecular weight excluding hydrogens is 270 g/mol. The molecule has 4 heteroatoms. The summed E-state index contributed by atoms with van der Waals surface area (Å²) >= 11 is 5.96. The molecule has 1 aromatic carbocycles. The highest BCUT2D eigenvalue weighted by Crippen LogP contribution is 2.24. The molecule has 0 radical (unpaired) electrons. The third-order valence-electron chi connectivity index (χ3n) is 4.44. The standard InChI is InChI=1S/C16H22ClN3/c1-12-5-3-7-14-16(12)18-15(8-9-17)20(14)11-13-6-4-10-19(13)2/h3,5,7,13H,4,6,8-11H2,1-2H3. The van der Waals surface area contributed by atoms with Crippen molar-refractivity contribution in [1.29, 1.82) is 0 Å². The summed E-state index contributed by atoms with van der Waals surface area (Å²) in [4.78, 5) is 7.29. The second kappa shape index (κ2) is 5.74. The SMILES string of the molecule is Cc1cccc2c1nc(CCCl)n2CC1CCCN1C. The minimum Gasteiger partial charge on any atom is -0.326 e. The van der Waals surface area contributed by atoms with Crippen LogP contribution < -0.4 is 0 Å². The Kier molecular flexibility index (Phi) is 3.99. The molecule has 1 saturated heterocycles. The molecule has 1 fully saturated rings. The third-order valence-corrected chi connectivity index (χ3v) is 4.63. The number of hydrogen-bond donors (Lipinski definition) is 0. The average molecular weight is 292 g/mol. The maximum Gasteiger partial charge on any atom is 0.111 e. The van der Waals surface area contributed by atoms with Crippen LogP contribution in [0.25, 0.3) is 11.0 Å². The molecule has 108 valence electrons. The van der Waals surface area contributed by atoms with Crippen molar-refractivity contribution in [2.45, 2.75) is 38.8 Å². The van der Waals surface area contributed by atoms with Crippen LogP contribution in [0, 0.1) is 6.92 Å². The highest BCUT2D eigenvalue weighted by Gasteiger charge is 2.23. The van der Waals surface area contributed by atoms with Gasteiger partial charge in [0.05, 0.1) is 11.0 Å². The molecule has 1 aliphatic rings. The summed E-state index contributed by atoms with van der Waals surface area (Å²) in [6.07, 6.45) is 3.42. The molecule has 0 amide bonds. The van der Waals surface area contributed by atoms with Crippen molar-refractivity contribution in [3.63, 3.8) is 0 Å². The summed E-state index contributed by atoms with van der Waals surface area (Å²) in [6, 6.07) is 7.06. The summed E-state index contributed by atoms with van der Waals surface area (Å²) in [5.74, 6) is 1.76. The fourth-order valence-corrected chi connectivity index (χ4v) is 3.40. The number of aromatic nitrogens is 2. The lowest BCUT2D eigenvalue weighted by Crippen LogP contribution is -2.29. The zero-order valence-electron chi connectivity index (χ0n) is 12.3. The van der Waals surface area contributed by atoms with Gasteiger partial charge in [0.1, 0.15) is 5.82 Å². The van der Waals surface area contributed by atoms with E-state index in [0.29, 0.717) is 11.9 Å². The van der Waals surface area contributed by atoms with Crippen LogP contribution in [0.3, 0.4) is 0 Å². The molecule has 2 heterocycles. The van der Waals surface area contributed by atoms with Crippen LogP contribution in [-0.2, 0) is 13.0 Å². The lowest BCUT2D eigenvalue weighted by atomic mass is 10.2. The molecule has 1 atom stereocenters. The van der Waals surface area contributed by atoms with Crippen LogP contribution in [-0.4, -0.2) is 40.0 Å². The minimum absolute atomic E-state index is 0.627. The van der Waals surface area contributed by atoms with E-state index in [1.165, 1.54) is 30.5 Å². The molecule has 0 bridgehead atoms. The Labute approximate surface area is 125 Å². The molecule has 1 aromatic heterocycles. The average Bonchev–Trinajstić information content (AvgIpc) is 2.98. The first-order chi connectivity index (χ1) is 9.70. The van der Waals surface area contributed by atoms with Gasteiger partial charge in [-0.1, -0.05) is 12.1 Å². The summed E-state index contributed by atoms with van der Waals surface area (Å²) in [6.45, 7) is 4.37. The van der Waals surface area contributed by atoms with E-state index in [-0.39, 0.29) is 0 Å². The van der Waals surface area contributed by atoms with Crippen LogP contribution >= 0.6 is 11.6 Å². The number of rotatable bonds is 4. The smallest absolute Gasteiger partial charge is 0.111 e. The van der Waals surface area contributed by atoms with Crippen molar-refractivity contribution in [3.8, 4) is 0 Å². The largest absolute Gasteiger partial charge is 0.326 e. The van der Waals surface area contributed by atoms with Crippen molar-refractivity contribution < 1.29 is 0 Å². The van der Waals surface area contributed by atoms with Gasteiger partial charge in [-0.05, 0) is 45.0 Å². The number of nitrogens with zero attached hydrogens (tertiary/aromatic N) is 3. The van der Waals surface area contributed by atoms with E-state index in [2.05, 4.69) is 41.6 Å². The van der Waals surface area contributed by atoms with Gasteiger partial charge in [0.15, 0.2) is 0 Å². The van der Waals surface area contributed by atoms with E-state index in [9.17, 15) is 0 Å². The fraction of sp³-hybridized carbons (Fsp3) is 0.562. The van der Waals surface area contributed by atoms with E-state index in [0.717, 1.165) is 24.3 Å². The molecule has 1 unspecified atom stereocenters. The first-order valence-corrected chi connectivity index (χ1v) is 7.95. The highest BCUT2D eigenvalue weighted by molar-refractivity contribution is 6.17. The van der Waals surface area contributed by atoms with Crippen LogP contribution in [0.15, 0.2) is 18.2 Å².